The molecule has 1 amide bonds. The molecule has 5 nitrogen and oxygen atoms in total. The molecule has 0 aromatic heterocycles. The highest BCUT2D eigenvalue weighted by molar-refractivity contribution is 7.85. The third-order valence-corrected chi connectivity index (χ3v) is 4.06. The maximum absolute atomic E-state index is 11.7. The third kappa shape index (κ3) is 4.46. The van der Waals surface area contributed by atoms with Gasteiger partial charge in [-0.3, -0.25) is 0 Å². The predicted molar refractivity (Wildman–Crippen MR) is 68.7 cm³/mol. The smallest absolute Gasteiger partial charge is 0.407 e. The molecule has 1 atom stereocenters. The molecule has 0 radical (unpaired) electrons. The van der Waals surface area contributed by atoms with E-state index in [4.69, 9.17) is 5.11 Å². The summed E-state index contributed by atoms with van der Waals surface area (Å²) < 4.78 is 15.4. The molecule has 1 heterocycles. The molecule has 1 saturated heterocycles. The summed E-state index contributed by atoms with van der Waals surface area (Å²) in [5.41, 5.74) is 0. The van der Waals surface area contributed by atoms with Crippen LogP contribution in [0.1, 0.15) is 33.6 Å². The highest BCUT2D eigenvalue weighted by Gasteiger charge is 2.22. The number of rotatable bonds is 2. The van der Waals surface area contributed by atoms with Crippen molar-refractivity contribution in [3.63, 3.8) is 0 Å². The lowest BCUT2D eigenvalue weighted by Crippen LogP contribution is -2.37. The summed E-state index contributed by atoms with van der Waals surface area (Å²) in [7, 11) is -1.22. The van der Waals surface area contributed by atoms with Gasteiger partial charge in [-0.05, 0) is 39.5 Å². The van der Waals surface area contributed by atoms with Crippen LogP contribution in [-0.2, 0) is 11.0 Å². The summed E-state index contributed by atoms with van der Waals surface area (Å²) in [5.74, 6) is 0.247. The average molecular weight is 260 g/mol. The Morgan fingerprint density at radius 1 is 1.41 bits per heavy atom. The van der Waals surface area contributed by atoms with Crippen LogP contribution in [0.2, 0.25) is 0 Å². The first kappa shape index (κ1) is 14.2. The van der Waals surface area contributed by atoms with Gasteiger partial charge in [-0.15, -0.1) is 0 Å². The molecule has 0 aliphatic carbocycles. The van der Waals surface area contributed by atoms with Gasteiger partial charge in [0.25, 0.3) is 0 Å². The second-order valence-corrected chi connectivity index (χ2v) is 7.16. The number of nitrogens with zero attached hydrogens (tertiary/aromatic N) is 2. The van der Waals surface area contributed by atoms with Gasteiger partial charge in [-0.1, -0.05) is 0 Å². The molecule has 6 heteroatoms. The minimum absolute atomic E-state index is 0.247. The van der Waals surface area contributed by atoms with Crippen molar-refractivity contribution >= 4 is 23.3 Å². The minimum atomic E-state index is -1.22. The Labute approximate surface area is 105 Å². The fourth-order valence-corrected chi connectivity index (χ4v) is 2.14. The Morgan fingerprint density at radius 2 is 1.94 bits per heavy atom. The van der Waals surface area contributed by atoms with Gasteiger partial charge in [0, 0.05) is 19.3 Å². The van der Waals surface area contributed by atoms with E-state index in [9.17, 15) is 9.00 Å². The van der Waals surface area contributed by atoms with Crippen LogP contribution in [0.15, 0.2) is 4.40 Å². The van der Waals surface area contributed by atoms with Crippen molar-refractivity contribution in [3.05, 3.63) is 0 Å². The van der Waals surface area contributed by atoms with Gasteiger partial charge >= 0.3 is 6.09 Å². The van der Waals surface area contributed by atoms with E-state index in [0.717, 1.165) is 12.8 Å². The zero-order valence-electron chi connectivity index (χ0n) is 10.5. The summed E-state index contributed by atoms with van der Waals surface area (Å²) in [6.45, 7) is 6.72. The third-order valence-electron chi connectivity index (χ3n) is 2.70. The van der Waals surface area contributed by atoms with Gasteiger partial charge in [0.15, 0.2) is 0 Å². The fourth-order valence-electron chi connectivity index (χ4n) is 1.54. The first-order valence-electron chi connectivity index (χ1n) is 5.75. The van der Waals surface area contributed by atoms with Crippen molar-refractivity contribution in [2.75, 3.05) is 13.1 Å². The molecular weight excluding hydrogens is 240 g/mol. The molecule has 0 bridgehead atoms. The SMILES string of the molecule is CC(C)(C)[S@@](=O)N=CC1CCN(C(=O)O)CC1. The topological polar surface area (TPSA) is 70.0 Å². The number of hydrogen-bond acceptors (Lipinski definition) is 2. The van der Waals surface area contributed by atoms with Crippen LogP contribution in [-0.4, -0.2) is 44.4 Å². The molecule has 1 aliphatic heterocycles. The Morgan fingerprint density at radius 3 is 2.35 bits per heavy atom. The quantitative estimate of drug-likeness (QED) is 0.771. The van der Waals surface area contributed by atoms with E-state index in [1.54, 1.807) is 6.21 Å². The van der Waals surface area contributed by atoms with E-state index in [1.165, 1.54) is 4.90 Å². The maximum atomic E-state index is 11.7. The van der Waals surface area contributed by atoms with Gasteiger partial charge in [-0.2, -0.15) is 4.40 Å². The minimum Gasteiger partial charge on any atom is -0.465 e. The van der Waals surface area contributed by atoms with Crippen molar-refractivity contribution in [1.82, 2.24) is 4.90 Å². The zero-order chi connectivity index (χ0) is 13.1. The Bertz CT molecular complexity index is 328. The Balaban J connectivity index is 2.43. The normalized spacial score (nSPS) is 20.8. The molecular formula is C11H20N2O3S. The van der Waals surface area contributed by atoms with Crippen LogP contribution in [0, 0.1) is 5.92 Å². The summed E-state index contributed by atoms with van der Waals surface area (Å²) in [5, 5.41) is 8.79. The molecule has 17 heavy (non-hydrogen) atoms. The molecule has 1 N–H and O–H groups in total. The summed E-state index contributed by atoms with van der Waals surface area (Å²) >= 11 is 0. The van der Waals surface area contributed by atoms with E-state index in [0.29, 0.717) is 13.1 Å². The first-order chi connectivity index (χ1) is 7.80. The van der Waals surface area contributed by atoms with Crippen LogP contribution in [0.4, 0.5) is 4.79 Å². The van der Waals surface area contributed by atoms with Gasteiger partial charge in [0.05, 0.1) is 4.75 Å². The van der Waals surface area contributed by atoms with Crippen molar-refractivity contribution in [3.8, 4) is 0 Å². The highest BCUT2D eigenvalue weighted by atomic mass is 32.2. The molecule has 0 aromatic rings. The van der Waals surface area contributed by atoms with E-state index in [2.05, 4.69) is 4.40 Å². The van der Waals surface area contributed by atoms with Crippen molar-refractivity contribution in [2.24, 2.45) is 10.3 Å². The number of carboxylic acid groups (broad SMARTS) is 1. The molecule has 0 aromatic carbocycles. The second kappa shape index (κ2) is 5.62. The van der Waals surface area contributed by atoms with Gasteiger partial charge in [-0.25, -0.2) is 9.00 Å². The predicted octanol–water partition coefficient (Wildman–Crippen LogP) is 1.91. The van der Waals surface area contributed by atoms with Gasteiger partial charge in [0.1, 0.15) is 11.0 Å². The maximum Gasteiger partial charge on any atom is 0.407 e. The average Bonchev–Trinajstić information content (AvgIpc) is 2.25. The largest absolute Gasteiger partial charge is 0.465 e. The van der Waals surface area contributed by atoms with Gasteiger partial charge in [0.2, 0.25) is 0 Å². The second-order valence-electron chi connectivity index (χ2n) is 5.22. The molecule has 98 valence electrons. The highest BCUT2D eigenvalue weighted by Crippen LogP contribution is 2.17. The van der Waals surface area contributed by atoms with E-state index in [1.807, 2.05) is 20.8 Å². The lowest BCUT2D eigenvalue weighted by molar-refractivity contribution is 0.131. The monoisotopic (exact) mass is 260 g/mol. The van der Waals surface area contributed by atoms with Crippen LogP contribution < -0.4 is 0 Å². The number of amides is 1. The van der Waals surface area contributed by atoms with Crippen LogP contribution in [0.5, 0.6) is 0 Å². The first-order valence-corrected chi connectivity index (χ1v) is 6.85. The van der Waals surface area contributed by atoms with E-state index in [-0.39, 0.29) is 10.7 Å². The van der Waals surface area contributed by atoms with Crippen molar-refractivity contribution < 1.29 is 14.1 Å². The van der Waals surface area contributed by atoms with Crippen LogP contribution >= 0.6 is 0 Å². The summed E-state index contributed by atoms with van der Waals surface area (Å²) in [4.78, 5) is 12.1. The molecule has 1 rings (SSSR count). The molecule has 1 aliphatic rings. The number of likely N-dealkylation sites (tertiary alicyclic amines) is 1. The molecule has 1 fully saturated rings. The lowest BCUT2D eigenvalue weighted by Gasteiger charge is -2.27. The Kier molecular flexibility index (Phi) is 4.68. The number of piperidine rings is 1. The van der Waals surface area contributed by atoms with E-state index >= 15 is 0 Å². The molecule has 0 spiro atoms. The number of hydrogen-bond donors (Lipinski definition) is 1. The zero-order valence-corrected chi connectivity index (χ0v) is 11.4. The molecule has 0 unspecified atom stereocenters. The van der Waals surface area contributed by atoms with Crippen molar-refractivity contribution in [2.45, 2.75) is 38.4 Å². The Hall–Kier alpha value is -0.910. The summed E-state index contributed by atoms with van der Waals surface area (Å²) in [6.07, 6.45) is 2.40. The van der Waals surface area contributed by atoms with Crippen LogP contribution in [0.25, 0.3) is 0 Å². The molecule has 0 saturated carbocycles. The standard InChI is InChI=1S/C11H20N2O3S/c1-11(2,3)17(16)12-8-9-4-6-13(7-5-9)10(14)15/h8-9H,4-7H2,1-3H3,(H,14,15)/t17-/m1/s1. The lowest BCUT2D eigenvalue weighted by atomic mass is 9.99. The summed E-state index contributed by atoms with van der Waals surface area (Å²) in [6, 6.07) is 0. The van der Waals surface area contributed by atoms with Gasteiger partial charge < -0.3 is 10.0 Å². The fraction of sp³-hybridized carbons (Fsp3) is 0.818. The van der Waals surface area contributed by atoms with Crippen LogP contribution in [0.3, 0.4) is 0 Å². The number of carbonyl (C=O) groups is 1. The van der Waals surface area contributed by atoms with Crippen molar-refractivity contribution in [1.29, 1.82) is 0 Å². The van der Waals surface area contributed by atoms with E-state index < -0.39 is 17.1 Å².